The third-order valence-electron chi connectivity index (χ3n) is 3.05. The van der Waals surface area contributed by atoms with E-state index in [1.807, 2.05) is 37.3 Å². The zero-order chi connectivity index (χ0) is 14.5. The lowest BCUT2D eigenvalue weighted by Crippen LogP contribution is -2.06. The summed E-state index contributed by atoms with van der Waals surface area (Å²) in [5.41, 5.74) is 2.90. The lowest BCUT2D eigenvalue weighted by atomic mass is 10.1. The molecule has 0 unspecified atom stereocenters. The minimum atomic E-state index is -0.925. The SMILES string of the molecule is COc1ccc(CNc2ccc(C)cc2C(=O)O)cc1. The molecule has 2 N–H and O–H groups in total. The van der Waals surface area contributed by atoms with Gasteiger partial charge in [0.1, 0.15) is 5.75 Å². The molecule has 0 spiro atoms. The smallest absolute Gasteiger partial charge is 0.337 e. The largest absolute Gasteiger partial charge is 0.497 e. The van der Waals surface area contributed by atoms with Crippen molar-refractivity contribution >= 4 is 11.7 Å². The van der Waals surface area contributed by atoms with Crippen molar-refractivity contribution in [2.45, 2.75) is 13.5 Å². The molecule has 0 atom stereocenters. The van der Waals surface area contributed by atoms with Crippen LogP contribution in [-0.4, -0.2) is 18.2 Å². The number of hydrogen-bond donors (Lipinski definition) is 2. The van der Waals surface area contributed by atoms with Gasteiger partial charge in [0.05, 0.1) is 12.7 Å². The number of aryl methyl sites for hydroxylation is 1. The maximum Gasteiger partial charge on any atom is 0.337 e. The van der Waals surface area contributed by atoms with Crippen LogP contribution in [0.4, 0.5) is 5.69 Å². The van der Waals surface area contributed by atoms with Gasteiger partial charge in [-0.2, -0.15) is 0 Å². The fourth-order valence-corrected chi connectivity index (χ4v) is 1.93. The maximum absolute atomic E-state index is 11.2. The van der Waals surface area contributed by atoms with Crippen LogP contribution in [0.2, 0.25) is 0 Å². The Labute approximate surface area is 118 Å². The second kappa shape index (κ2) is 6.10. The molecule has 0 saturated heterocycles. The molecule has 4 heteroatoms. The molecule has 0 bridgehead atoms. The van der Waals surface area contributed by atoms with Gasteiger partial charge in [-0.3, -0.25) is 0 Å². The topological polar surface area (TPSA) is 58.6 Å². The monoisotopic (exact) mass is 271 g/mol. The highest BCUT2D eigenvalue weighted by molar-refractivity contribution is 5.94. The van der Waals surface area contributed by atoms with E-state index in [2.05, 4.69) is 5.32 Å². The van der Waals surface area contributed by atoms with Crippen molar-refractivity contribution in [3.05, 3.63) is 59.2 Å². The minimum absolute atomic E-state index is 0.290. The van der Waals surface area contributed by atoms with Gasteiger partial charge in [-0.05, 0) is 36.8 Å². The van der Waals surface area contributed by atoms with E-state index >= 15 is 0 Å². The van der Waals surface area contributed by atoms with E-state index in [0.29, 0.717) is 17.8 Å². The van der Waals surface area contributed by atoms with Gasteiger partial charge in [-0.25, -0.2) is 4.79 Å². The lowest BCUT2D eigenvalue weighted by Gasteiger charge is -2.11. The van der Waals surface area contributed by atoms with E-state index in [4.69, 9.17) is 4.74 Å². The van der Waals surface area contributed by atoms with Crippen LogP contribution in [-0.2, 0) is 6.54 Å². The molecule has 2 rings (SSSR count). The first-order chi connectivity index (χ1) is 9.60. The van der Waals surface area contributed by atoms with E-state index in [0.717, 1.165) is 16.9 Å². The Balaban J connectivity index is 2.12. The van der Waals surface area contributed by atoms with Gasteiger partial charge in [0.15, 0.2) is 0 Å². The van der Waals surface area contributed by atoms with Crippen LogP contribution in [0.5, 0.6) is 5.75 Å². The Morgan fingerprint density at radius 1 is 1.20 bits per heavy atom. The van der Waals surface area contributed by atoms with Crippen LogP contribution >= 0.6 is 0 Å². The molecule has 0 aromatic heterocycles. The van der Waals surface area contributed by atoms with Gasteiger partial charge in [-0.1, -0.05) is 23.8 Å². The standard InChI is InChI=1S/C16H17NO3/c1-11-3-8-15(14(9-11)16(18)19)17-10-12-4-6-13(20-2)7-5-12/h3-9,17H,10H2,1-2H3,(H,18,19). The zero-order valence-corrected chi connectivity index (χ0v) is 11.5. The Morgan fingerprint density at radius 2 is 1.90 bits per heavy atom. The normalized spacial score (nSPS) is 10.1. The molecule has 104 valence electrons. The molecular weight excluding hydrogens is 254 g/mol. The number of carbonyl (C=O) groups is 1. The van der Waals surface area contributed by atoms with Crippen molar-refractivity contribution < 1.29 is 14.6 Å². The maximum atomic E-state index is 11.2. The summed E-state index contributed by atoms with van der Waals surface area (Å²) in [5, 5.41) is 12.4. The van der Waals surface area contributed by atoms with E-state index in [9.17, 15) is 9.90 Å². The molecule has 0 radical (unpaired) electrons. The summed E-state index contributed by atoms with van der Waals surface area (Å²) in [6.45, 7) is 2.44. The average molecular weight is 271 g/mol. The fourth-order valence-electron chi connectivity index (χ4n) is 1.93. The molecule has 2 aromatic carbocycles. The van der Waals surface area contributed by atoms with Crippen molar-refractivity contribution in [3.8, 4) is 5.75 Å². The summed E-state index contributed by atoms with van der Waals surface area (Å²) >= 11 is 0. The van der Waals surface area contributed by atoms with Crippen LogP contribution in [0.25, 0.3) is 0 Å². The molecular formula is C16H17NO3. The first-order valence-corrected chi connectivity index (χ1v) is 6.31. The van der Waals surface area contributed by atoms with Crippen molar-refractivity contribution in [2.24, 2.45) is 0 Å². The average Bonchev–Trinajstić information content (AvgIpc) is 2.46. The third kappa shape index (κ3) is 3.29. The summed E-state index contributed by atoms with van der Waals surface area (Å²) < 4.78 is 5.10. The van der Waals surface area contributed by atoms with Crippen LogP contribution < -0.4 is 10.1 Å². The first kappa shape index (κ1) is 13.9. The Morgan fingerprint density at radius 3 is 2.50 bits per heavy atom. The number of hydrogen-bond acceptors (Lipinski definition) is 3. The summed E-state index contributed by atoms with van der Waals surface area (Å²) in [5.74, 6) is -0.124. The number of aromatic carboxylic acids is 1. The number of nitrogens with one attached hydrogen (secondary N) is 1. The Hall–Kier alpha value is -2.49. The van der Waals surface area contributed by atoms with Crippen LogP contribution in [0.1, 0.15) is 21.5 Å². The van der Waals surface area contributed by atoms with Gasteiger partial charge in [0, 0.05) is 12.2 Å². The second-order valence-electron chi connectivity index (χ2n) is 4.56. The van der Waals surface area contributed by atoms with Gasteiger partial charge in [0.2, 0.25) is 0 Å². The number of rotatable bonds is 5. The molecule has 0 saturated carbocycles. The van der Waals surface area contributed by atoms with Crippen molar-refractivity contribution in [2.75, 3.05) is 12.4 Å². The fraction of sp³-hybridized carbons (Fsp3) is 0.188. The van der Waals surface area contributed by atoms with Crippen molar-refractivity contribution in [1.29, 1.82) is 0 Å². The second-order valence-corrected chi connectivity index (χ2v) is 4.56. The number of benzene rings is 2. The molecule has 2 aromatic rings. The number of ether oxygens (including phenoxy) is 1. The highest BCUT2D eigenvalue weighted by Gasteiger charge is 2.09. The van der Waals surface area contributed by atoms with Gasteiger partial charge >= 0.3 is 5.97 Å². The number of carboxylic acids is 1. The van der Waals surface area contributed by atoms with Crippen LogP contribution in [0, 0.1) is 6.92 Å². The van der Waals surface area contributed by atoms with Crippen LogP contribution in [0.15, 0.2) is 42.5 Å². The third-order valence-corrected chi connectivity index (χ3v) is 3.05. The first-order valence-electron chi connectivity index (χ1n) is 6.31. The quantitative estimate of drug-likeness (QED) is 0.876. The van der Waals surface area contributed by atoms with Crippen LogP contribution in [0.3, 0.4) is 0 Å². The lowest BCUT2D eigenvalue weighted by molar-refractivity contribution is 0.0698. The van der Waals surface area contributed by atoms with E-state index in [1.165, 1.54) is 0 Å². The predicted molar refractivity (Wildman–Crippen MR) is 78.5 cm³/mol. The molecule has 0 heterocycles. The Kier molecular flexibility index (Phi) is 4.25. The number of anilines is 1. The minimum Gasteiger partial charge on any atom is -0.497 e. The molecule has 20 heavy (non-hydrogen) atoms. The molecule has 0 amide bonds. The van der Waals surface area contributed by atoms with E-state index in [1.54, 1.807) is 19.2 Å². The van der Waals surface area contributed by atoms with Gasteiger partial charge in [0.25, 0.3) is 0 Å². The Bertz CT molecular complexity index is 606. The number of methoxy groups -OCH3 is 1. The molecule has 0 aliphatic carbocycles. The molecule has 0 fully saturated rings. The summed E-state index contributed by atoms with van der Waals surface area (Å²) in [6, 6.07) is 13.0. The summed E-state index contributed by atoms with van der Waals surface area (Å²) in [7, 11) is 1.62. The molecule has 0 aliphatic rings. The molecule has 0 aliphatic heterocycles. The number of carboxylic acid groups (broad SMARTS) is 1. The zero-order valence-electron chi connectivity index (χ0n) is 11.5. The van der Waals surface area contributed by atoms with Crippen molar-refractivity contribution in [3.63, 3.8) is 0 Å². The van der Waals surface area contributed by atoms with Crippen molar-refractivity contribution in [1.82, 2.24) is 0 Å². The van der Waals surface area contributed by atoms with E-state index < -0.39 is 5.97 Å². The predicted octanol–water partition coefficient (Wildman–Crippen LogP) is 3.31. The highest BCUT2D eigenvalue weighted by atomic mass is 16.5. The highest BCUT2D eigenvalue weighted by Crippen LogP contribution is 2.19. The summed E-state index contributed by atoms with van der Waals surface area (Å²) in [4.78, 5) is 11.2. The molecule has 4 nitrogen and oxygen atoms in total. The van der Waals surface area contributed by atoms with Gasteiger partial charge < -0.3 is 15.2 Å². The van der Waals surface area contributed by atoms with E-state index in [-0.39, 0.29) is 0 Å². The summed E-state index contributed by atoms with van der Waals surface area (Å²) in [6.07, 6.45) is 0. The van der Waals surface area contributed by atoms with Gasteiger partial charge in [-0.15, -0.1) is 0 Å².